The molecule has 2 aliphatic rings. The summed E-state index contributed by atoms with van der Waals surface area (Å²) in [6.07, 6.45) is 10.1. The van der Waals surface area contributed by atoms with E-state index >= 15 is 0 Å². The molecule has 0 radical (unpaired) electrons. The van der Waals surface area contributed by atoms with E-state index in [4.69, 9.17) is 5.73 Å². The molecular weight excluding hydrogens is 315 g/mol. The lowest BCUT2D eigenvalue weighted by Crippen LogP contribution is -2.28. The molecule has 0 aromatic heterocycles. The summed E-state index contributed by atoms with van der Waals surface area (Å²) < 4.78 is 13.8. The molecule has 0 saturated heterocycles. The van der Waals surface area contributed by atoms with Gasteiger partial charge in [0.1, 0.15) is 5.82 Å². The molecular formula is C20H25FN4. The van der Waals surface area contributed by atoms with Gasteiger partial charge in [0.2, 0.25) is 5.96 Å². The molecule has 0 fully saturated rings. The van der Waals surface area contributed by atoms with Crippen molar-refractivity contribution in [1.82, 2.24) is 5.43 Å². The summed E-state index contributed by atoms with van der Waals surface area (Å²) >= 11 is 0. The predicted octanol–water partition coefficient (Wildman–Crippen LogP) is 3.65. The Bertz CT molecular complexity index is 748. The first-order valence-corrected chi connectivity index (χ1v) is 8.74. The molecule has 1 aliphatic heterocycles. The lowest BCUT2D eigenvalue weighted by molar-refractivity contribution is 0.442. The Labute approximate surface area is 148 Å². The van der Waals surface area contributed by atoms with E-state index in [0.717, 1.165) is 24.0 Å². The highest BCUT2D eigenvalue weighted by Gasteiger charge is 2.26. The molecule has 3 N–H and O–H groups in total. The zero-order valence-electron chi connectivity index (χ0n) is 14.7. The normalized spacial score (nSPS) is 28.0. The second-order valence-electron chi connectivity index (χ2n) is 6.86. The van der Waals surface area contributed by atoms with Gasteiger partial charge >= 0.3 is 0 Å². The van der Waals surface area contributed by atoms with Crippen molar-refractivity contribution in [2.24, 2.45) is 27.7 Å². The number of aryl methyl sites for hydroxylation is 1. The van der Waals surface area contributed by atoms with Crippen molar-refractivity contribution in [3.63, 3.8) is 0 Å². The van der Waals surface area contributed by atoms with Crippen LogP contribution in [0.5, 0.6) is 0 Å². The highest BCUT2D eigenvalue weighted by atomic mass is 19.1. The molecule has 132 valence electrons. The van der Waals surface area contributed by atoms with E-state index in [1.807, 2.05) is 19.2 Å². The smallest absolute Gasteiger partial charge is 0.209 e. The van der Waals surface area contributed by atoms with Gasteiger partial charge in [-0.25, -0.2) is 9.82 Å². The van der Waals surface area contributed by atoms with E-state index in [1.54, 1.807) is 6.07 Å². The fraction of sp³-hybridized carbons (Fsp3) is 0.400. The average Bonchev–Trinajstić information content (AvgIpc) is 2.61. The molecule has 0 saturated carbocycles. The van der Waals surface area contributed by atoms with Gasteiger partial charge in [-0.15, -0.1) is 0 Å². The van der Waals surface area contributed by atoms with Crippen molar-refractivity contribution in [2.45, 2.75) is 32.6 Å². The predicted molar refractivity (Wildman–Crippen MR) is 101 cm³/mol. The SMILES string of the molecule is CC1=CC=CC2CC(c3cc(F)ccc3C)CCN=C(N)N/N=C/C12. The minimum Gasteiger partial charge on any atom is -0.369 e. The van der Waals surface area contributed by atoms with Crippen LogP contribution in [0.3, 0.4) is 0 Å². The van der Waals surface area contributed by atoms with Crippen molar-refractivity contribution in [1.29, 1.82) is 0 Å². The molecule has 3 unspecified atom stereocenters. The highest BCUT2D eigenvalue weighted by Crippen LogP contribution is 2.36. The Balaban J connectivity index is 1.96. The monoisotopic (exact) mass is 340 g/mol. The largest absolute Gasteiger partial charge is 0.369 e. The number of rotatable bonds is 1. The number of benzene rings is 1. The number of guanidine groups is 1. The van der Waals surface area contributed by atoms with Crippen LogP contribution in [0.1, 0.15) is 36.8 Å². The van der Waals surface area contributed by atoms with Crippen LogP contribution in [-0.2, 0) is 0 Å². The molecule has 0 spiro atoms. The molecule has 1 aliphatic carbocycles. The number of hydrogen-bond acceptors (Lipinski definition) is 4. The minimum absolute atomic E-state index is 0.187. The molecule has 4 nitrogen and oxygen atoms in total. The number of allylic oxidation sites excluding steroid dienone is 4. The minimum atomic E-state index is -0.187. The zero-order chi connectivity index (χ0) is 17.8. The maximum absolute atomic E-state index is 13.8. The quantitative estimate of drug-likeness (QED) is 0.820. The van der Waals surface area contributed by atoms with Gasteiger partial charge in [-0.1, -0.05) is 29.9 Å². The van der Waals surface area contributed by atoms with Crippen LogP contribution in [0, 0.1) is 24.6 Å². The molecule has 5 heteroatoms. The van der Waals surface area contributed by atoms with E-state index in [0.29, 0.717) is 18.4 Å². The lowest BCUT2D eigenvalue weighted by atomic mass is 9.75. The van der Waals surface area contributed by atoms with Crippen molar-refractivity contribution in [2.75, 3.05) is 6.54 Å². The molecule has 0 amide bonds. The number of aliphatic imine (C=N–C) groups is 1. The van der Waals surface area contributed by atoms with Crippen LogP contribution in [0.2, 0.25) is 0 Å². The van der Waals surface area contributed by atoms with Gasteiger partial charge in [-0.05, 0) is 61.8 Å². The van der Waals surface area contributed by atoms with Gasteiger partial charge < -0.3 is 5.73 Å². The average molecular weight is 340 g/mol. The van der Waals surface area contributed by atoms with Gasteiger partial charge in [0, 0.05) is 18.7 Å². The summed E-state index contributed by atoms with van der Waals surface area (Å²) in [6, 6.07) is 5.05. The standard InChI is InChI=1S/C20H25FN4/c1-13-4-3-5-15-10-16(18-11-17(21)7-6-14(18)2)8-9-23-20(22)25-24-12-19(13)15/h3-7,11-12,15-16,19H,8-10H2,1-2H3,(H3,22,23,25)/b24-12+. The molecule has 1 aromatic carbocycles. The van der Waals surface area contributed by atoms with Crippen LogP contribution in [0.25, 0.3) is 0 Å². The fourth-order valence-corrected chi connectivity index (χ4v) is 3.71. The summed E-state index contributed by atoms with van der Waals surface area (Å²) in [5.41, 5.74) is 12.1. The maximum Gasteiger partial charge on any atom is 0.209 e. The Morgan fingerprint density at radius 1 is 1.28 bits per heavy atom. The number of nitrogens with two attached hydrogens (primary N) is 1. The first kappa shape index (κ1) is 17.4. The van der Waals surface area contributed by atoms with Crippen LogP contribution in [0.4, 0.5) is 4.39 Å². The van der Waals surface area contributed by atoms with E-state index in [1.165, 1.54) is 11.6 Å². The van der Waals surface area contributed by atoms with Gasteiger partial charge in [0.05, 0.1) is 0 Å². The summed E-state index contributed by atoms with van der Waals surface area (Å²) in [5.74, 6) is 0.884. The summed E-state index contributed by atoms with van der Waals surface area (Å²) in [4.78, 5) is 4.33. The van der Waals surface area contributed by atoms with Crippen molar-refractivity contribution in [3.8, 4) is 0 Å². The second-order valence-corrected chi connectivity index (χ2v) is 6.86. The number of hydrogen-bond donors (Lipinski definition) is 2. The highest BCUT2D eigenvalue weighted by molar-refractivity contribution is 5.79. The number of hydrazone groups is 1. The van der Waals surface area contributed by atoms with Gasteiger partial charge in [-0.3, -0.25) is 4.99 Å². The molecule has 0 bridgehead atoms. The third kappa shape index (κ3) is 4.16. The molecule has 1 heterocycles. The number of nitrogens with one attached hydrogen (secondary N) is 1. The van der Waals surface area contributed by atoms with Crippen molar-refractivity contribution < 1.29 is 4.39 Å². The number of fused-ring (bicyclic) bond motifs is 1. The summed E-state index contributed by atoms with van der Waals surface area (Å²) in [6.45, 7) is 4.75. The molecule has 3 rings (SSSR count). The van der Waals surface area contributed by atoms with Gasteiger partial charge in [0.25, 0.3) is 0 Å². The van der Waals surface area contributed by atoms with E-state index in [9.17, 15) is 4.39 Å². The zero-order valence-corrected chi connectivity index (χ0v) is 14.7. The van der Waals surface area contributed by atoms with E-state index in [2.05, 4.69) is 40.7 Å². The van der Waals surface area contributed by atoms with Crippen LogP contribution in [0.15, 0.2) is 52.1 Å². The third-order valence-corrected chi connectivity index (χ3v) is 5.12. The van der Waals surface area contributed by atoms with Crippen molar-refractivity contribution >= 4 is 12.2 Å². The molecule has 1 aromatic rings. The Morgan fingerprint density at radius 2 is 2.12 bits per heavy atom. The van der Waals surface area contributed by atoms with E-state index in [-0.39, 0.29) is 17.7 Å². The second kappa shape index (κ2) is 7.64. The molecule has 25 heavy (non-hydrogen) atoms. The first-order chi connectivity index (χ1) is 12.0. The Hall–Kier alpha value is -2.43. The van der Waals surface area contributed by atoms with Gasteiger partial charge in [-0.2, -0.15) is 5.10 Å². The summed E-state index contributed by atoms with van der Waals surface area (Å²) in [7, 11) is 0. The maximum atomic E-state index is 13.8. The topological polar surface area (TPSA) is 62.8 Å². The summed E-state index contributed by atoms with van der Waals surface area (Å²) in [5, 5.41) is 4.25. The lowest BCUT2D eigenvalue weighted by Gasteiger charge is -2.29. The van der Waals surface area contributed by atoms with Crippen LogP contribution < -0.4 is 11.2 Å². The number of nitrogens with zero attached hydrogens (tertiary/aromatic N) is 2. The van der Waals surface area contributed by atoms with Crippen LogP contribution in [-0.4, -0.2) is 18.7 Å². The first-order valence-electron chi connectivity index (χ1n) is 8.74. The third-order valence-electron chi connectivity index (χ3n) is 5.12. The molecule has 3 atom stereocenters. The van der Waals surface area contributed by atoms with E-state index < -0.39 is 0 Å². The van der Waals surface area contributed by atoms with Crippen molar-refractivity contribution in [3.05, 3.63) is 58.9 Å². The Kier molecular flexibility index (Phi) is 5.31. The van der Waals surface area contributed by atoms with Crippen LogP contribution >= 0.6 is 0 Å². The number of halogens is 1. The fourth-order valence-electron chi connectivity index (χ4n) is 3.71. The Morgan fingerprint density at radius 3 is 2.96 bits per heavy atom. The van der Waals surface area contributed by atoms with Gasteiger partial charge in [0.15, 0.2) is 0 Å².